The van der Waals surface area contributed by atoms with Crippen molar-refractivity contribution in [1.82, 2.24) is 14.9 Å². The molecule has 2 saturated heterocycles. The van der Waals surface area contributed by atoms with Crippen LogP contribution in [0.15, 0.2) is 42.7 Å². The lowest BCUT2D eigenvalue weighted by molar-refractivity contribution is 0.159. The maximum atomic E-state index is 12.4. The summed E-state index contributed by atoms with van der Waals surface area (Å²) in [6.07, 6.45) is 4.41. The van der Waals surface area contributed by atoms with E-state index in [-0.39, 0.29) is 23.6 Å². The zero-order valence-electron chi connectivity index (χ0n) is 15.0. The van der Waals surface area contributed by atoms with Crippen LogP contribution in [0.2, 0.25) is 0 Å². The first-order chi connectivity index (χ1) is 12.6. The van der Waals surface area contributed by atoms with E-state index in [2.05, 4.69) is 51.0 Å². The molecule has 138 valence electrons. The number of rotatable bonds is 4. The van der Waals surface area contributed by atoms with Crippen LogP contribution in [0.5, 0.6) is 0 Å². The van der Waals surface area contributed by atoms with Gasteiger partial charge in [0.2, 0.25) is 5.95 Å². The molecule has 0 amide bonds. The summed E-state index contributed by atoms with van der Waals surface area (Å²) < 4.78 is 24.8. The van der Waals surface area contributed by atoms with Crippen LogP contribution in [-0.4, -0.2) is 60.0 Å². The normalized spacial score (nSPS) is 25.2. The van der Waals surface area contributed by atoms with Gasteiger partial charge in [-0.2, -0.15) is 0 Å². The van der Waals surface area contributed by atoms with Gasteiger partial charge in [-0.25, -0.2) is 18.4 Å². The van der Waals surface area contributed by atoms with Crippen LogP contribution < -0.4 is 4.90 Å². The lowest BCUT2D eigenvalue weighted by atomic mass is 10.0. The fourth-order valence-electron chi connectivity index (χ4n) is 4.18. The minimum Gasteiger partial charge on any atom is -0.334 e. The maximum Gasteiger partial charge on any atom is 0.225 e. The molecule has 2 aliphatic rings. The van der Waals surface area contributed by atoms with Gasteiger partial charge in [-0.1, -0.05) is 31.2 Å². The van der Waals surface area contributed by atoms with Crippen LogP contribution in [-0.2, 0) is 22.8 Å². The topological polar surface area (TPSA) is 66.4 Å². The van der Waals surface area contributed by atoms with Crippen molar-refractivity contribution in [2.45, 2.75) is 32.0 Å². The Bertz CT molecular complexity index is 872. The molecule has 6 nitrogen and oxygen atoms in total. The molecule has 3 heterocycles. The summed E-state index contributed by atoms with van der Waals surface area (Å²) in [5, 5.41) is 0. The van der Waals surface area contributed by atoms with Gasteiger partial charge in [0.1, 0.15) is 0 Å². The lowest BCUT2D eigenvalue weighted by Crippen LogP contribution is -2.59. The monoisotopic (exact) mass is 372 g/mol. The fourth-order valence-corrected chi connectivity index (χ4v) is 6.20. The molecule has 7 heteroatoms. The summed E-state index contributed by atoms with van der Waals surface area (Å²) >= 11 is 0. The minimum absolute atomic E-state index is 0.0116. The Morgan fingerprint density at radius 1 is 1.00 bits per heavy atom. The van der Waals surface area contributed by atoms with Crippen LogP contribution in [0.25, 0.3) is 0 Å². The second-order valence-electron chi connectivity index (χ2n) is 7.05. The van der Waals surface area contributed by atoms with E-state index < -0.39 is 9.84 Å². The molecule has 0 N–H and O–H groups in total. The van der Waals surface area contributed by atoms with Crippen molar-refractivity contribution in [3.8, 4) is 0 Å². The van der Waals surface area contributed by atoms with Crippen LogP contribution >= 0.6 is 0 Å². The van der Waals surface area contributed by atoms with E-state index in [0.717, 1.165) is 26.1 Å². The molecule has 0 bridgehead atoms. The third-order valence-electron chi connectivity index (χ3n) is 5.47. The molecule has 0 aliphatic carbocycles. The maximum absolute atomic E-state index is 12.4. The standard InChI is InChI=1S/C19H24N4O2S/c1-2-15-6-3-4-7-16(15)12-22-10-11-23(19-20-8-5-9-21-19)18-14-26(24,25)13-17(18)22/h3-9,17-18H,2,10-14H2,1H3/t17-,18+/m0/s1. The number of piperazine rings is 1. The molecular formula is C19H24N4O2S. The number of hydrogen-bond acceptors (Lipinski definition) is 6. The van der Waals surface area contributed by atoms with E-state index in [1.165, 1.54) is 11.1 Å². The second-order valence-corrected chi connectivity index (χ2v) is 9.20. The number of sulfone groups is 1. The van der Waals surface area contributed by atoms with Crippen molar-refractivity contribution in [3.63, 3.8) is 0 Å². The van der Waals surface area contributed by atoms with Gasteiger partial charge in [0.15, 0.2) is 9.84 Å². The van der Waals surface area contributed by atoms with Crippen molar-refractivity contribution in [1.29, 1.82) is 0 Å². The Morgan fingerprint density at radius 2 is 1.69 bits per heavy atom. The first-order valence-electron chi connectivity index (χ1n) is 9.12. The Kier molecular flexibility index (Phi) is 4.67. The number of anilines is 1. The van der Waals surface area contributed by atoms with Gasteiger partial charge in [0, 0.05) is 38.1 Å². The molecule has 1 aromatic carbocycles. The summed E-state index contributed by atoms with van der Waals surface area (Å²) in [6, 6.07) is 10.1. The average molecular weight is 372 g/mol. The van der Waals surface area contributed by atoms with Crippen molar-refractivity contribution in [2.24, 2.45) is 0 Å². The van der Waals surface area contributed by atoms with Gasteiger partial charge in [-0.3, -0.25) is 4.90 Å². The summed E-state index contributed by atoms with van der Waals surface area (Å²) in [6.45, 7) is 4.51. The second kappa shape index (κ2) is 6.96. The number of nitrogens with zero attached hydrogens (tertiary/aromatic N) is 4. The van der Waals surface area contributed by atoms with E-state index in [0.29, 0.717) is 5.95 Å². The smallest absolute Gasteiger partial charge is 0.225 e. The zero-order valence-corrected chi connectivity index (χ0v) is 15.8. The first-order valence-corrected chi connectivity index (χ1v) is 10.9. The number of fused-ring (bicyclic) bond motifs is 1. The van der Waals surface area contributed by atoms with Crippen molar-refractivity contribution in [3.05, 3.63) is 53.9 Å². The summed E-state index contributed by atoms with van der Waals surface area (Å²) in [7, 11) is -3.05. The molecule has 2 fully saturated rings. The van der Waals surface area contributed by atoms with E-state index in [4.69, 9.17) is 0 Å². The van der Waals surface area contributed by atoms with E-state index in [1.807, 2.05) is 0 Å². The van der Waals surface area contributed by atoms with E-state index >= 15 is 0 Å². The quantitative estimate of drug-likeness (QED) is 0.811. The largest absolute Gasteiger partial charge is 0.334 e. The molecule has 1 aromatic heterocycles. The predicted molar refractivity (Wildman–Crippen MR) is 102 cm³/mol. The van der Waals surface area contributed by atoms with Gasteiger partial charge in [0.25, 0.3) is 0 Å². The number of aromatic nitrogens is 2. The highest BCUT2D eigenvalue weighted by molar-refractivity contribution is 7.91. The van der Waals surface area contributed by atoms with Gasteiger partial charge in [-0.15, -0.1) is 0 Å². The predicted octanol–water partition coefficient (Wildman–Crippen LogP) is 1.53. The van der Waals surface area contributed by atoms with Gasteiger partial charge in [-0.05, 0) is 23.6 Å². The van der Waals surface area contributed by atoms with Crippen molar-refractivity contribution in [2.75, 3.05) is 29.5 Å². The van der Waals surface area contributed by atoms with Gasteiger partial charge in [0.05, 0.1) is 17.5 Å². The summed E-state index contributed by atoms with van der Waals surface area (Å²) in [5.41, 5.74) is 2.63. The van der Waals surface area contributed by atoms with Crippen LogP contribution in [0.3, 0.4) is 0 Å². The Labute approximate surface area is 154 Å². The molecule has 0 spiro atoms. The highest BCUT2D eigenvalue weighted by atomic mass is 32.2. The molecule has 0 saturated carbocycles. The lowest BCUT2D eigenvalue weighted by Gasteiger charge is -2.44. The van der Waals surface area contributed by atoms with E-state index in [1.54, 1.807) is 18.5 Å². The van der Waals surface area contributed by atoms with Crippen LogP contribution in [0, 0.1) is 0 Å². The first kappa shape index (κ1) is 17.4. The highest BCUT2D eigenvalue weighted by Crippen LogP contribution is 2.30. The number of aryl methyl sites for hydroxylation is 1. The van der Waals surface area contributed by atoms with E-state index in [9.17, 15) is 8.42 Å². The van der Waals surface area contributed by atoms with Crippen LogP contribution in [0.1, 0.15) is 18.1 Å². The Morgan fingerprint density at radius 3 is 2.42 bits per heavy atom. The summed E-state index contributed by atoms with van der Waals surface area (Å²) in [4.78, 5) is 13.1. The molecule has 0 radical (unpaired) electrons. The van der Waals surface area contributed by atoms with Crippen molar-refractivity contribution < 1.29 is 8.42 Å². The number of benzene rings is 1. The average Bonchev–Trinajstić information content (AvgIpc) is 2.98. The molecule has 26 heavy (non-hydrogen) atoms. The Hall–Kier alpha value is -1.99. The molecule has 4 rings (SSSR count). The third kappa shape index (κ3) is 3.33. The SMILES string of the molecule is CCc1ccccc1CN1CCN(c2ncccn2)[C@@H]2CS(=O)(=O)C[C@@H]21. The van der Waals surface area contributed by atoms with Gasteiger partial charge >= 0.3 is 0 Å². The highest BCUT2D eigenvalue weighted by Gasteiger charge is 2.47. The fraction of sp³-hybridized carbons (Fsp3) is 0.474. The van der Waals surface area contributed by atoms with Gasteiger partial charge < -0.3 is 4.90 Å². The minimum atomic E-state index is -3.05. The summed E-state index contributed by atoms with van der Waals surface area (Å²) in [5.74, 6) is 1.03. The van der Waals surface area contributed by atoms with Crippen LogP contribution in [0.4, 0.5) is 5.95 Å². The molecule has 2 atom stereocenters. The molecular weight excluding hydrogens is 348 g/mol. The molecule has 2 aliphatic heterocycles. The number of hydrogen-bond donors (Lipinski definition) is 0. The van der Waals surface area contributed by atoms with Crippen molar-refractivity contribution >= 4 is 15.8 Å². The zero-order chi connectivity index (χ0) is 18.1. The molecule has 0 unspecified atom stereocenters. The third-order valence-corrected chi connectivity index (χ3v) is 7.17. The Balaban J connectivity index is 1.61. The molecule has 2 aromatic rings.